The van der Waals surface area contributed by atoms with Crippen LogP contribution in [0.2, 0.25) is 0 Å². The number of fused-ring (bicyclic) bond motifs is 1. The van der Waals surface area contributed by atoms with Crippen molar-refractivity contribution in [3.63, 3.8) is 0 Å². The zero-order chi connectivity index (χ0) is 24.7. The van der Waals surface area contributed by atoms with Gasteiger partial charge in [-0.25, -0.2) is 0 Å². The smallest absolute Gasteiger partial charge is 0.282 e. The predicted octanol–water partition coefficient (Wildman–Crippen LogP) is 9.45. The molecule has 0 radical (unpaired) electrons. The van der Waals surface area contributed by atoms with Gasteiger partial charge in [0.25, 0.3) is 10.1 Å². The molecule has 2 rings (SSSR count). The Kier molecular flexibility index (Phi) is 13.8. The van der Waals surface area contributed by atoms with Gasteiger partial charge in [-0.15, -0.1) is 0 Å². The Hall–Kier alpha value is -1.39. The van der Waals surface area contributed by atoms with Gasteiger partial charge in [-0.2, -0.15) is 8.42 Å². The average Bonchev–Trinajstić information content (AvgIpc) is 2.82. The van der Waals surface area contributed by atoms with E-state index in [-0.39, 0.29) is 4.90 Å². The molecule has 0 fully saturated rings. The Labute approximate surface area is 209 Å². The highest BCUT2D eigenvalue weighted by molar-refractivity contribution is 7.85. The van der Waals surface area contributed by atoms with E-state index in [1.54, 1.807) is 12.1 Å². The average molecular weight is 489 g/mol. The Morgan fingerprint density at radius 2 is 0.971 bits per heavy atom. The van der Waals surface area contributed by atoms with Crippen molar-refractivity contribution in [3.05, 3.63) is 41.5 Å². The molecule has 192 valence electrons. The molecule has 4 heteroatoms. The number of rotatable bonds is 19. The molecule has 0 aromatic heterocycles. The molecule has 1 N–H and O–H groups in total. The second kappa shape index (κ2) is 16.3. The quantitative estimate of drug-likeness (QED) is 0.158. The van der Waals surface area contributed by atoms with Crippen molar-refractivity contribution in [2.24, 2.45) is 0 Å². The fraction of sp³-hybridized carbons (Fsp3) is 0.667. The van der Waals surface area contributed by atoms with Crippen molar-refractivity contribution in [2.75, 3.05) is 0 Å². The fourth-order valence-corrected chi connectivity index (χ4v) is 5.45. The van der Waals surface area contributed by atoms with Crippen LogP contribution in [-0.2, 0) is 23.0 Å². The second-order valence-electron chi connectivity index (χ2n) is 10.0. The molecule has 0 amide bonds. The first kappa shape index (κ1) is 28.8. The van der Waals surface area contributed by atoms with E-state index in [9.17, 15) is 13.0 Å². The van der Waals surface area contributed by atoms with Gasteiger partial charge in [0.1, 0.15) is 0 Å². The summed E-state index contributed by atoms with van der Waals surface area (Å²) in [4.78, 5) is 0.00130. The molecule has 0 spiro atoms. The zero-order valence-corrected chi connectivity index (χ0v) is 22.6. The first-order valence-electron chi connectivity index (χ1n) is 14.0. The van der Waals surface area contributed by atoms with Gasteiger partial charge in [-0.1, -0.05) is 122 Å². The lowest BCUT2D eigenvalue weighted by Gasteiger charge is -2.13. The lowest BCUT2D eigenvalue weighted by atomic mass is 9.93. The third kappa shape index (κ3) is 10.5. The van der Waals surface area contributed by atoms with Crippen LogP contribution in [0.25, 0.3) is 10.8 Å². The highest BCUT2D eigenvalue weighted by Crippen LogP contribution is 2.29. The van der Waals surface area contributed by atoms with Crippen molar-refractivity contribution < 1.29 is 13.0 Å². The highest BCUT2D eigenvalue weighted by atomic mass is 32.2. The van der Waals surface area contributed by atoms with E-state index in [0.717, 1.165) is 30.0 Å². The van der Waals surface area contributed by atoms with Gasteiger partial charge in [-0.3, -0.25) is 4.55 Å². The normalized spacial score (nSPS) is 12.0. The second-order valence-corrected chi connectivity index (χ2v) is 11.4. The van der Waals surface area contributed by atoms with E-state index in [2.05, 4.69) is 26.0 Å². The summed E-state index contributed by atoms with van der Waals surface area (Å²) in [6, 6.07) is 9.57. The fourth-order valence-electron chi connectivity index (χ4n) is 4.94. The summed E-state index contributed by atoms with van der Waals surface area (Å²) in [5.74, 6) is 0. The van der Waals surface area contributed by atoms with E-state index in [4.69, 9.17) is 0 Å². The van der Waals surface area contributed by atoms with Gasteiger partial charge >= 0.3 is 0 Å². The van der Waals surface area contributed by atoms with E-state index in [1.807, 2.05) is 6.07 Å². The molecular formula is C30H48O3S. The molecule has 3 nitrogen and oxygen atoms in total. The predicted molar refractivity (Wildman–Crippen MR) is 146 cm³/mol. The van der Waals surface area contributed by atoms with E-state index in [0.29, 0.717) is 0 Å². The van der Waals surface area contributed by atoms with E-state index >= 15 is 0 Å². The molecule has 0 aliphatic rings. The van der Waals surface area contributed by atoms with Crippen molar-refractivity contribution in [1.82, 2.24) is 0 Å². The molecule has 0 aliphatic carbocycles. The Bertz CT molecular complexity index is 933. The van der Waals surface area contributed by atoms with Crippen LogP contribution in [0.3, 0.4) is 0 Å². The monoisotopic (exact) mass is 488 g/mol. The number of hydrogen-bond acceptors (Lipinski definition) is 2. The maximum absolute atomic E-state index is 11.8. The molecule has 0 heterocycles. The van der Waals surface area contributed by atoms with Crippen molar-refractivity contribution in [1.29, 1.82) is 0 Å². The standard InChI is InChI=1S/C30H48O3S/c1-3-5-7-9-11-13-15-17-19-26-21-22-27(20-18-16-14-12-10-8-6-4-2)30-25-28(34(31,32)33)23-24-29(26)30/h21-25H,3-20H2,1-2H3,(H,31,32,33). The zero-order valence-electron chi connectivity index (χ0n) is 21.8. The van der Waals surface area contributed by atoms with Gasteiger partial charge in [0.2, 0.25) is 0 Å². The lowest BCUT2D eigenvalue weighted by molar-refractivity contribution is 0.483. The Morgan fingerprint density at radius 3 is 1.41 bits per heavy atom. The molecule has 0 saturated heterocycles. The number of hydrogen-bond donors (Lipinski definition) is 1. The summed E-state index contributed by atoms with van der Waals surface area (Å²) in [6.07, 6.45) is 22.6. The maximum atomic E-state index is 11.8. The molecular weight excluding hydrogens is 440 g/mol. The van der Waals surface area contributed by atoms with Crippen molar-refractivity contribution in [3.8, 4) is 0 Å². The van der Waals surface area contributed by atoms with Crippen LogP contribution in [0.4, 0.5) is 0 Å². The maximum Gasteiger partial charge on any atom is 0.294 e. The number of benzene rings is 2. The topological polar surface area (TPSA) is 54.4 Å². The molecule has 0 saturated carbocycles. The van der Waals surface area contributed by atoms with Crippen LogP contribution >= 0.6 is 0 Å². The van der Waals surface area contributed by atoms with Gasteiger partial charge in [0.05, 0.1) is 4.90 Å². The minimum Gasteiger partial charge on any atom is -0.282 e. The molecule has 0 atom stereocenters. The molecule has 34 heavy (non-hydrogen) atoms. The summed E-state index contributed by atoms with van der Waals surface area (Å²) < 4.78 is 33.1. The van der Waals surface area contributed by atoms with Gasteiger partial charge in [0, 0.05) is 0 Å². The third-order valence-electron chi connectivity index (χ3n) is 7.07. The summed E-state index contributed by atoms with van der Waals surface area (Å²) in [5, 5.41) is 2.14. The molecule has 2 aromatic carbocycles. The molecule has 0 aliphatic heterocycles. The number of aryl methyl sites for hydroxylation is 2. The molecule has 0 bridgehead atoms. The minimum atomic E-state index is -4.20. The summed E-state index contributed by atoms with van der Waals surface area (Å²) >= 11 is 0. The van der Waals surface area contributed by atoms with E-state index < -0.39 is 10.1 Å². The van der Waals surface area contributed by atoms with Crippen LogP contribution < -0.4 is 0 Å². The van der Waals surface area contributed by atoms with Gasteiger partial charge < -0.3 is 0 Å². The van der Waals surface area contributed by atoms with Gasteiger partial charge in [0.15, 0.2) is 0 Å². The Balaban J connectivity index is 1.98. The van der Waals surface area contributed by atoms with Crippen molar-refractivity contribution in [2.45, 2.75) is 134 Å². The largest absolute Gasteiger partial charge is 0.294 e. The first-order valence-corrected chi connectivity index (χ1v) is 15.4. The van der Waals surface area contributed by atoms with Crippen LogP contribution in [-0.4, -0.2) is 13.0 Å². The highest BCUT2D eigenvalue weighted by Gasteiger charge is 2.13. The first-order chi connectivity index (χ1) is 16.5. The van der Waals surface area contributed by atoms with Crippen LogP contribution in [0, 0.1) is 0 Å². The van der Waals surface area contributed by atoms with Gasteiger partial charge in [-0.05, 0) is 59.7 Å². The number of unbranched alkanes of at least 4 members (excludes halogenated alkanes) is 14. The van der Waals surface area contributed by atoms with Crippen LogP contribution in [0.1, 0.15) is 128 Å². The Morgan fingerprint density at radius 1 is 0.559 bits per heavy atom. The molecule has 2 aromatic rings. The molecule has 0 unspecified atom stereocenters. The van der Waals surface area contributed by atoms with Crippen LogP contribution in [0.15, 0.2) is 35.2 Å². The van der Waals surface area contributed by atoms with Crippen LogP contribution in [0.5, 0.6) is 0 Å². The summed E-state index contributed by atoms with van der Waals surface area (Å²) in [7, 11) is -4.20. The van der Waals surface area contributed by atoms with Crippen molar-refractivity contribution >= 4 is 20.9 Å². The summed E-state index contributed by atoms with van der Waals surface area (Å²) in [5.41, 5.74) is 2.49. The minimum absolute atomic E-state index is 0.00130. The summed E-state index contributed by atoms with van der Waals surface area (Å²) in [6.45, 7) is 4.50. The lowest BCUT2D eigenvalue weighted by Crippen LogP contribution is -2.00. The van der Waals surface area contributed by atoms with E-state index in [1.165, 1.54) is 107 Å². The third-order valence-corrected chi connectivity index (χ3v) is 7.92. The SMILES string of the molecule is CCCCCCCCCCc1ccc(CCCCCCCCCC)c2cc(S(=O)(=O)O)ccc12.